The zero-order chi connectivity index (χ0) is 32.1. The third-order valence-corrected chi connectivity index (χ3v) is 9.35. The first-order valence-electron chi connectivity index (χ1n) is 15.9. The number of ketones is 1. The van der Waals surface area contributed by atoms with E-state index in [0.717, 1.165) is 67.2 Å². The number of carboxylic acid groups (broad SMARTS) is 1. The number of benzene rings is 3. The van der Waals surface area contributed by atoms with Gasteiger partial charge >= 0.3 is 5.97 Å². The molecule has 6 nitrogen and oxygen atoms in total. The van der Waals surface area contributed by atoms with Crippen LogP contribution in [0.2, 0.25) is 10.0 Å². The molecule has 1 heterocycles. The first kappa shape index (κ1) is 32.9. The molecule has 1 saturated carbocycles. The van der Waals surface area contributed by atoms with Gasteiger partial charge in [-0.1, -0.05) is 85.9 Å². The van der Waals surface area contributed by atoms with Gasteiger partial charge in [-0.15, -0.1) is 0 Å². The van der Waals surface area contributed by atoms with Crippen LogP contribution in [0.25, 0.3) is 11.1 Å². The monoisotopic (exact) mass is 646 g/mol. The second kappa shape index (κ2) is 14.3. The van der Waals surface area contributed by atoms with Crippen LogP contribution in [0, 0.1) is 5.92 Å². The molecular formula is C37H40Cl2N2O4. The van der Waals surface area contributed by atoms with Crippen molar-refractivity contribution in [1.82, 2.24) is 4.90 Å². The minimum absolute atomic E-state index is 0.0294. The van der Waals surface area contributed by atoms with Crippen LogP contribution in [0.5, 0.6) is 0 Å². The number of Topliss-reactive ketones (excluding diaryl/α,β-unsaturated/α-hetero) is 1. The van der Waals surface area contributed by atoms with Gasteiger partial charge < -0.3 is 10.0 Å². The molecule has 5 rings (SSSR count). The highest BCUT2D eigenvalue weighted by atomic mass is 35.5. The van der Waals surface area contributed by atoms with Gasteiger partial charge in [0.2, 0.25) is 0 Å². The summed E-state index contributed by atoms with van der Waals surface area (Å²) in [6.07, 6.45) is 6.92. The molecule has 1 aliphatic heterocycles. The molecule has 1 amide bonds. The number of amides is 1. The highest BCUT2D eigenvalue weighted by molar-refractivity contribution is 6.47. The van der Waals surface area contributed by atoms with Crippen molar-refractivity contribution in [2.45, 2.75) is 89.8 Å². The Hall–Kier alpha value is -3.48. The number of hydrogen-bond donors (Lipinski definition) is 1. The second-order valence-electron chi connectivity index (χ2n) is 12.7. The maximum Gasteiger partial charge on any atom is 0.303 e. The lowest BCUT2D eigenvalue weighted by Gasteiger charge is -2.44. The van der Waals surface area contributed by atoms with E-state index >= 15 is 0 Å². The van der Waals surface area contributed by atoms with Crippen LogP contribution >= 0.6 is 23.2 Å². The van der Waals surface area contributed by atoms with Crippen LogP contribution < -0.4 is 0 Å². The van der Waals surface area contributed by atoms with Gasteiger partial charge in [0.15, 0.2) is 5.78 Å². The molecule has 0 bridgehead atoms. The lowest BCUT2D eigenvalue weighted by Crippen LogP contribution is -2.50. The maximum atomic E-state index is 14.6. The molecule has 1 spiro atoms. The van der Waals surface area contributed by atoms with Crippen LogP contribution in [-0.2, 0) is 9.59 Å². The molecule has 236 valence electrons. The van der Waals surface area contributed by atoms with E-state index in [1.807, 2.05) is 60.7 Å². The third-order valence-electron chi connectivity index (χ3n) is 8.92. The second-order valence-corrected chi connectivity index (χ2v) is 13.6. The van der Waals surface area contributed by atoms with E-state index in [-0.39, 0.29) is 30.6 Å². The smallest absolute Gasteiger partial charge is 0.303 e. The molecule has 1 atom stereocenters. The topological polar surface area (TPSA) is 87.0 Å². The lowest BCUT2D eigenvalue weighted by molar-refractivity contribution is -0.137. The summed E-state index contributed by atoms with van der Waals surface area (Å²) in [6, 6.07) is 20.6. The largest absolute Gasteiger partial charge is 0.481 e. The molecule has 3 aromatic rings. The highest BCUT2D eigenvalue weighted by Crippen LogP contribution is 2.46. The van der Waals surface area contributed by atoms with Gasteiger partial charge in [0.1, 0.15) is 11.4 Å². The minimum Gasteiger partial charge on any atom is -0.481 e. The van der Waals surface area contributed by atoms with Crippen molar-refractivity contribution in [3.05, 3.63) is 93.5 Å². The zero-order valence-corrected chi connectivity index (χ0v) is 27.4. The van der Waals surface area contributed by atoms with E-state index in [0.29, 0.717) is 33.7 Å². The molecule has 3 aromatic carbocycles. The van der Waals surface area contributed by atoms with Crippen molar-refractivity contribution in [2.24, 2.45) is 10.9 Å². The molecule has 8 heteroatoms. The van der Waals surface area contributed by atoms with Crippen molar-refractivity contribution in [1.29, 1.82) is 0 Å². The first-order valence-corrected chi connectivity index (χ1v) is 16.7. The summed E-state index contributed by atoms with van der Waals surface area (Å²) >= 11 is 12.6. The van der Waals surface area contributed by atoms with E-state index in [2.05, 4.69) is 18.7 Å². The van der Waals surface area contributed by atoms with Gasteiger partial charge in [0.25, 0.3) is 5.91 Å². The number of carbonyl (C=O) groups is 3. The van der Waals surface area contributed by atoms with E-state index in [1.54, 1.807) is 6.07 Å². The van der Waals surface area contributed by atoms with Crippen molar-refractivity contribution >= 4 is 46.6 Å². The molecule has 1 fully saturated rings. The van der Waals surface area contributed by atoms with Crippen LogP contribution in [0.1, 0.15) is 106 Å². The SMILES string of the molecule is CC(C)CCC(c1ccc(C(=O)CCCC(=O)O)cc1)N1C(=O)C(c2cccc(-c3cc(Cl)cc(Cl)c3)c2)=NC12CCCCC2. The van der Waals surface area contributed by atoms with Crippen molar-refractivity contribution < 1.29 is 19.5 Å². The van der Waals surface area contributed by atoms with E-state index < -0.39 is 11.6 Å². The molecule has 1 N–H and O–H groups in total. The molecule has 45 heavy (non-hydrogen) atoms. The quantitative estimate of drug-likeness (QED) is 0.198. The zero-order valence-electron chi connectivity index (χ0n) is 25.9. The Morgan fingerprint density at radius 2 is 1.53 bits per heavy atom. The summed E-state index contributed by atoms with van der Waals surface area (Å²) in [4.78, 5) is 45.6. The van der Waals surface area contributed by atoms with Gasteiger partial charge in [-0.2, -0.15) is 0 Å². The molecule has 1 unspecified atom stereocenters. The fraction of sp³-hybridized carbons (Fsp3) is 0.405. The molecule has 1 aliphatic carbocycles. The average molecular weight is 648 g/mol. The number of nitrogens with zero attached hydrogens (tertiary/aromatic N) is 2. The molecular weight excluding hydrogens is 607 g/mol. The molecule has 0 radical (unpaired) electrons. The molecule has 0 aromatic heterocycles. The average Bonchev–Trinajstić information content (AvgIpc) is 3.28. The number of halogens is 2. The van der Waals surface area contributed by atoms with Crippen LogP contribution in [0.3, 0.4) is 0 Å². The number of rotatable bonds is 12. The Kier molecular flexibility index (Phi) is 10.5. The Bertz CT molecular complexity index is 1570. The Labute approximate surface area is 275 Å². The van der Waals surface area contributed by atoms with Crippen molar-refractivity contribution in [2.75, 3.05) is 0 Å². The van der Waals surface area contributed by atoms with Gasteiger partial charge in [0.05, 0.1) is 6.04 Å². The summed E-state index contributed by atoms with van der Waals surface area (Å²) in [6.45, 7) is 4.38. The summed E-state index contributed by atoms with van der Waals surface area (Å²) in [7, 11) is 0. The number of aliphatic carboxylic acids is 1. The predicted molar refractivity (Wildman–Crippen MR) is 180 cm³/mol. The normalized spacial score (nSPS) is 16.7. The Morgan fingerprint density at radius 3 is 2.18 bits per heavy atom. The van der Waals surface area contributed by atoms with Crippen LogP contribution in [0.4, 0.5) is 0 Å². The summed E-state index contributed by atoms with van der Waals surface area (Å²) < 4.78 is 0. The van der Waals surface area contributed by atoms with Gasteiger partial charge in [0, 0.05) is 34.0 Å². The number of carbonyl (C=O) groups excluding carboxylic acids is 2. The standard InChI is InChI=1S/C37H40Cl2N2O4/c1-24(2)12-17-32(25-13-15-26(16-14-25)33(42)10-7-11-34(43)44)41-36(45)35(40-37(41)18-4-3-5-19-37)28-9-6-8-27(20-28)29-21-30(38)23-31(39)22-29/h6,8-9,13-16,20-24,32H,3-5,7,10-12,17-19H2,1-2H3,(H,43,44). The predicted octanol–water partition coefficient (Wildman–Crippen LogP) is 9.57. The van der Waals surface area contributed by atoms with Gasteiger partial charge in [-0.05, 0) is 91.8 Å². The van der Waals surface area contributed by atoms with Crippen molar-refractivity contribution in [3.8, 4) is 11.1 Å². The van der Waals surface area contributed by atoms with E-state index in [1.165, 1.54) is 0 Å². The summed E-state index contributed by atoms with van der Waals surface area (Å²) in [5, 5.41) is 10.0. The fourth-order valence-electron chi connectivity index (χ4n) is 6.64. The van der Waals surface area contributed by atoms with Crippen molar-refractivity contribution in [3.63, 3.8) is 0 Å². The highest BCUT2D eigenvalue weighted by Gasteiger charge is 2.50. The number of aliphatic imine (C=N–C) groups is 1. The first-order chi connectivity index (χ1) is 21.6. The Morgan fingerprint density at radius 1 is 0.867 bits per heavy atom. The fourth-order valence-corrected chi connectivity index (χ4v) is 7.17. The lowest BCUT2D eigenvalue weighted by atomic mass is 9.85. The molecule has 2 aliphatic rings. The summed E-state index contributed by atoms with van der Waals surface area (Å²) in [5.41, 5.74) is 3.95. The number of carboxylic acids is 1. The van der Waals surface area contributed by atoms with E-state index in [4.69, 9.17) is 33.3 Å². The van der Waals surface area contributed by atoms with Gasteiger partial charge in [-0.3, -0.25) is 19.4 Å². The van der Waals surface area contributed by atoms with Gasteiger partial charge in [-0.25, -0.2) is 0 Å². The maximum absolute atomic E-state index is 14.6. The minimum atomic E-state index is -0.903. The van der Waals surface area contributed by atoms with Crippen LogP contribution in [-0.4, -0.2) is 39.0 Å². The number of hydrogen-bond acceptors (Lipinski definition) is 4. The molecule has 0 saturated heterocycles. The summed E-state index contributed by atoms with van der Waals surface area (Å²) in [5.74, 6) is -0.598. The third kappa shape index (κ3) is 7.67. The van der Waals surface area contributed by atoms with E-state index in [9.17, 15) is 14.4 Å². The Balaban J connectivity index is 1.49. The van der Waals surface area contributed by atoms with Crippen LogP contribution in [0.15, 0.2) is 71.7 Å².